The smallest absolute Gasteiger partial charge is 0.122 e. The van der Waals surface area contributed by atoms with Gasteiger partial charge in [-0.25, -0.2) is 0 Å². The van der Waals surface area contributed by atoms with Gasteiger partial charge in [0.25, 0.3) is 0 Å². The van der Waals surface area contributed by atoms with Crippen LogP contribution in [0.2, 0.25) is 0 Å². The van der Waals surface area contributed by atoms with Gasteiger partial charge in [0.2, 0.25) is 0 Å². The lowest BCUT2D eigenvalue weighted by Crippen LogP contribution is -2.16. The fourth-order valence-electron chi connectivity index (χ4n) is 1.62. The van der Waals surface area contributed by atoms with Crippen LogP contribution in [0.15, 0.2) is 24.3 Å². The third-order valence-corrected chi connectivity index (χ3v) is 2.42. The predicted octanol–water partition coefficient (Wildman–Crippen LogP) is 2.63. The summed E-state index contributed by atoms with van der Waals surface area (Å²) in [6.07, 6.45) is 3.45. The minimum atomic E-state index is 1.01. The topological polar surface area (TPSA) is 21.3 Å². The minimum Gasteiger partial charge on any atom is -0.496 e. The first-order valence-corrected chi connectivity index (χ1v) is 5.71. The van der Waals surface area contributed by atoms with Gasteiger partial charge in [0.15, 0.2) is 0 Å². The molecule has 0 aliphatic rings. The van der Waals surface area contributed by atoms with Crippen molar-refractivity contribution in [3.05, 3.63) is 29.8 Å². The number of aryl methyl sites for hydroxylation is 1. The molecule has 1 N–H and O–H groups in total. The molecule has 15 heavy (non-hydrogen) atoms. The summed E-state index contributed by atoms with van der Waals surface area (Å²) >= 11 is 0. The normalized spacial score (nSPS) is 10.3. The monoisotopic (exact) mass is 207 g/mol. The second kappa shape index (κ2) is 7.30. The molecule has 84 valence electrons. The first-order chi connectivity index (χ1) is 7.38. The number of para-hydroxylation sites is 1. The van der Waals surface area contributed by atoms with Crippen LogP contribution in [-0.2, 0) is 6.42 Å². The van der Waals surface area contributed by atoms with Gasteiger partial charge >= 0.3 is 0 Å². The fourth-order valence-corrected chi connectivity index (χ4v) is 1.62. The molecule has 0 saturated carbocycles. The van der Waals surface area contributed by atoms with E-state index in [2.05, 4.69) is 24.4 Å². The molecule has 0 spiro atoms. The van der Waals surface area contributed by atoms with Crippen LogP contribution < -0.4 is 10.1 Å². The Morgan fingerprint density at radius 1 is 1.20 bits per heavy atom. The molecule has 1 aromatic rings. The van der Waals surface area contributed by atoms with Crippen LogP contribution >= 0.6 is 0 Å². The van der Waals surface area contributed by atoms with Crippen molar-refractivity contribution in [3.8, 4) is 5.75 Å². The van der Waals surface area contributed by atoms with Gasteiger partial charge in [-0.3, -0.25) is 0 Å². The molecule has 0 saturated heterocycles. The summed E-state index contributed by atoms with van der Waals surface area (Å²) in [6, 6.07) is 8.24. The van der Waals surface area contributed by atoms with Crippen molar-refractivity contribution >= 4 is 0 Å². The second-order valence-electron chi connectivity index (χ2n) is 3.67. The quantitative estimate of drug-likeness (QED) is 0.694. The number of benzene rings is 1. The van der Waals surface area contributed by atoms with Gasteiger partial charge in [-0.2, -0.15) is 0 Å². The SMILES string of the molecule is CCCNCCCc1ccccc1OC. The third-order valence-electron chi connectivity index (χ3n) is 2.42. The highest BCUT2D eigenvalue weighted by atomic mass is 16.5. The van der Waals surface area contributed by atoms with Crippen molar-refractivity contribution in [3.63, 3.8) is 0 Å². The van der Waals surface area contributed by atoms with Crippen molar-refractivity contribution in [1.82, 2.24) is 5.32 Å². The highest BCUT2D eigenvalue weighted by Gasteiger charge is 2.00. The molecule has 0 radical (unpaired) electrons. The van der Waals surface area contributed by atoms with E-state index >= 15 is 0 Å². The summed E-state index contributed by atoms with van der Waals surface area (Å²) in [4.78, 5) is 0. The van der Waals surface area contributed by atoms with Gasteiger partial charge in [-0.05, 0) is 44.0 Å². The molecule has 0 heterocycles. The van der Waals surface area contributed by atoms with Gasteiger partial charge in [-0.15, -0.1) is 0 Å². The van der Waals surface area contributed by atoms with Crippen LogP contribution in [0.1, 0.15) is 25.3 Å². The zero-order chi connectivity index (χ0) is 10.9. The molecule has 1 rings (SSSR count). The van der Waals surface area contributed by atoms with Crippen LogP contribution in [0, 0.1) is 0 Å². The van der Waals surface area contributed by atoms with E-state index in [4.69, 9.17) is 4.74 Å². The van der Waals surface area contributed by atoms with E-state index in [1.807, 2.05) is 12.1 Å². The Morgan fingerprint density at radius 2 is 2.00 bits per heavy atom. The standard InChI is InChI=1S/C13H21NO/c1-3-10-14-11-6-8-12-7-4-5-9-13(12)15-2/h4-5,7,9,14H,3,6,8,10-11H2,1-2H3. The largest absolute Gasteiger partial charge is 0.496 e. The average molecular weight is 207 g/mol. The Bertz CT molecular complexity index is 273. The summed E-state index contributed by atoms with van der Waals surface area (Å²) in [5, 5.41) is 3.40. The van der Waals surface area contributed by atoms with Gasteiger partial charge in [0.05, 0.1) is 7.11 Å². The molecule has 0 unspecified atom stereocenters. The van der Waals surface area contributed by atoms with Crippen LogP contribution in [0.4, 0.5) is 0 Å². The Labute approximate surface area is 92.6 Å². The van der Waals surface area contributed by atoms with E-state index in [0.29, 0.717) is 0 Å². The van der Waals surface area contributed by atoms with E-state index in [9.17, 15) is 0 Å². The molecule has 0 aliphatic carbocycles. The Kier molecular flexibility index (Phi) is 5.86. The molecular weight excluding hydrogens is 186 g/mol. The predicted molar refractivity (Wildman–Crippen MR) is 64.5 cm³/mol. The number of nitrogens with one attached hydrogen (secondary N) is 1. The Morgan fingerprint density at radius 3 is 2.73 bits per heavy atom. The number of methoxy groups -OCH3 is 1. The lowest BCUT2D eigenvalue weighted by molar-refractivity contribution is 0.409. The molecule has 2 heteroatoms. The minimum absolute atomic E-state index is 1.01. The lowest BCUT2D eigenvalue weighted by atomic mass is 10.1. The van der Waals surface area contributed by atoms with E-state index < -0.39 is 0 Å². The maximum atomic E-state index is 5.30. The van der Waals surface area contributed by atoms with Crippen molar-refractivity contribution in [2.75, 3.05) is 20.2 Å². The maximum absolute atomic E-state index is 5.30. The van der Waals surface area contributed by atoms with E-state index in [1.165, 1.54) is 18.4 Å². The van der Waals surface area contributed by atoms with Gasteiger partial charge in [0.1, 0.15) is 5.75 Å². The first-order valence-electron chi connectivity index (χ1n) is 5.71. The Balaban J connectivity index is 2.30. The molecule has 0 fully saturated rings. The van der Waals surface area contributed by atoms with Crippen molar-refractivity contribution in [2.24, 2.45) is 0 Å². The third kappa shape index (κ3) is 4.34. The number of rotatable bonds is 7. The average Bonchev–Trinajstić information content (AvgIpc) is 2.29. The number of hydrogen-bond acceptors (Lipinski definition) is 2. The zero-order valence-electron chi connectivity index (χ0n) is 9.75. The molecule has 0 aromatic heterocycles. The van der Waals surface area contributed by atoms with E-state index in [1.54, 1.807) is 7.11 Å². The highest BCUT2D eigenvalue weighted by Crippen LogP contribution is 2.18. The molecule has 0 bridgehead atoms. The maximum Gasteiger partial charge on any atom is 0.122 e. The molecule has 0 amide bonds. The van der Waals surface area contributed by atoms with Crippen molar-refractivity contribution in [1.29, 1.82) is 0 Å². The zero-order valence-corrected chi connectivity index (χ0v) is 9.75. The second-order valence-corrected chi connectivity index (χ2v) is 3.67. The molecule has 1 aromatic carbocycles. The van der Waals surface area contributed by atoms with Crippen molar-refractivity contribution in [2.45, 2.75) is 26.2 Å². The van der Waals surface area contributed by atoms with E-state index in [0.717, 1.165) is 25.3 Å². The van der Waals surface area contributed by atoms with Gasteiger partial charge < -0.3 is 10.1 Å². The Hall–Kier alpha value is -1.02. The molecular formula is C13H21NO. The lowest BCUT2D eigenvalue weighted by Gasteiger charge is -2.08. The summed E-state index contributed by atoms with van der Waals surface area (Å²) in [5.41, 5.74) is 1.30. The van der Waals surface area contributed by atoms with E-state index in [-0.39, 0.29) is 0 Å². The first kappa shape index (κ1) is 12.1. The van der Waals surface area contributed by atoms with Crippen LogP contribution in [0.5, 0.6) is 5.75 Å². The summed E-state index contributed by atoms with van der Waals surface area (Å²) < 4.78 is 5.30. The van der Waals surface area contributed by atoms with Crippen LogP contribution in [0.3, 0.4) is 0 Å². The molecule has 0 atom stereocenters. The summed E-state index contributed by atoms with van der Waals surface area (Å²) in [7, 11) is 1.73. The van der Waals surface area contributed by atoms with Crippen molar-refractivity contribution < 1.29 is 4.74 Å². The molecule has 2 nitrogen and oxygen atoms in total. The number of ether oxygens (including phenoxy) is 1. The summed E-state index contributed by atoms with van der Waals surface area (Å²) in [5.74, 6) is 1.01. The van der Waals surface area contributed by atoms with Crippen LogP contribution in [-0.4, -0.2) is 20.2 Å². The molecule has 0 aliphatic heterocycles. The van der Waals surface area contributed by atoms with Gasteiger partial charge in [0, 0.05) is 0 Å². The van der Waals surface area contributed by atoms with Crippen LogP contribution in [0.25, 0.3) is 0 Å². The van der Waals surface area contributed by atoms with Gasteiger partial charge in [-0.1, -0.05) is 25.1 Å². The summed E-state index contributed by atoms with van der Waals surface area (Å²) in [6.45, 7) is 4.39. The number of hydrogen-bond donors (Lipinski definition) is 1. The highest BCUT2D eigenvalue weighted by molar-refractivity contribution is 5.33. The fraction of sp³-hybridized carbons (Fsp3) is 0.538.